The molecule has 5 heteroatoms. The number of hydrogen-bond acceptors (Lipinski definition) is 4. The number of amides is 1. The van der Waals surface area contributed by atoms with Gasteiger partial charge in [0.1, 0.15) is 5.75 Å². The molecule has 2 rings (SSSR count). The molecular formula is C15H16N2O3. The highest BCUT2D eigenvalue weighted by Gasteiger charge is 2.23. The van der Waals surface area contributed by atoms with Crippen LogP contribution in [-0.4, -0.2) is 24.8 Å². The number of hydrogen-bond donors (Lipinski definition) is 0. The van der Waals surface area contributed by atoms with Crippen LogP contribution in [0.2, 0.25) is 0 Å². The van der Waals surface area contributed by atoms with Crippen LogP contribution >= 0.6 is 0 Å². The number of ketones is 1. The minimum absolute atomic E-state index is 0.0395. The van der Waals surface area contributed by atoms with Gasteiger partial charge in [0.05, 0.1) is 24.8 Å². The largest absolute Gasteiger partial charge is 0.491 e. The highest BCUT2D eigenvalue weighted by atomic mass is 16.5. The summed E-state index contributed by atoms with van der Waals surface area (Å²) in [5.41, 5.74) is 1.17. The third kappa shape index (κ3) is 2.97. The molecule has 0 saturated carbocycles. The lowest BCUT2D eigenvalue weighted by Crippen LogP contribution is -2.31. The second-order valence-corrected chi connectivity index (χ2v) is 4.64. The molecule has 0 radical (unpaired) electrons. The fourth-order valence-corrected chi connectivity index (χ4v) is 2.15. The fourth-order valence-electron chi connectivity index (χ4n) is 2.15. The zero-order valence-corrected chi connectivity index (χ0v) is 11.4. The van der Waals surface area contributed by atoms with Gasteiger partial charge in [0, 0.05) is 18.5 Å². The highest BCUT2D eigenvalue weighted by Crippen LogP contribution is 2.32. The first kappa shape index (κ1) is 14.1. The van der Waals surface area contributed by atoms with Gasteiger partial charge < -0.3 is 9.64 Å². The van der Waals surface area contributed by atoms with Crippen molar-refractivity contribution in [3.8, 4) is 11.8 Å². The number of nitriles is 1. The molecule has 20 heavy (non-hydrogen) atoms. The van der Waals surface area contributed by atoms with E-state index in [9.17, 15) is 9.59 Å². The van der Waals surface area contributed by atoms with Gasteiger partial charge in [-0.05, 0) is 31.5 Å². The predicted octanol–water partition coefficient (Wildman–Crippen LogP) is 2.31. The van der Waals surface area contributed by atoms with Crippen LogP contribution in [-0.2, 0) is 4.79 Å². The van der Waals surface area contributed by atoms with Gasteiger partial charge in [-0.3, -0.25) is 9.59 Å². The Kier molecular flexibility index (Phi) is 4.36. The Hall–Kier alpha value is -2.35. The molecule has 0 fully saturated rings. The Morgan fingerprint density at radius 2 is 2.30 bits per heavy atom. The van der Waals surface area contributed by atoms with Crippen LogP contribution in [0.3, 0.4) is 0 Å². The van der Waals surface area contributed by atoms with Crippen molar-refractivity contribution in [3.05, 3.63) is 23.8 Å². The van der Waals surface area contributed by atoms with Crippen LogP contribution in [0.1, 0.15) is 36.5 Å². The van der Waals surface area contributed by atoms with E-state index in [2.05, 4.69) is 6.07 Å². The Balaban J connectivity index is 2.35. The summed E-state index contributed by atoms with van der Waals surface area (Å²) in [5.74, 6) is 0.515. The number of carbonyl (C=O) groups excluding carboxylic acids is 2. The van der Waals surface area contributed by atoms with Crippen molar-refractivity contribution in [2.24, 2.45) is 0 Å². The number of carbonyl (C=O) groups is 2. The molecule has 0 aromatic heterocycles. The van der Waals surface area contributed by atoms with Crippen molar-refractivity contribution in [1.29, 1.82) is 5.26 Å². The maximum absolute atomic E-state index is 12.1. The lowest BCUT2D eigenvalue weighted by atomic mass is 10.1. The molecule has 0 bridgehead atoms. The molecule has 0 aliphatic carbocycles. The van der Waals surface area contributed by atoms with Gasteiger partial charge in [0.15, 0.2) is 5.78 Å². The number of nitrogens with zero attached hydrogens (tertiary/aromatic N) is 2. The van der Waals surface area contributed by atoms with E-state index in [1.807, 2.05) is 0 Å². The molecule has 1 aromatic rings. The van der Waals surface area contributed by atoms with Gasteiger partial charge in [-0.2, -0.15) is 5.26 Å². The van der Waals surface area contributed by atoms with E-state index in [0.29, 0.717) is 49.4 Å². The average molecular weight is 272 g/mol. The normalized spacial score (nSPS) is 14.0. The fraction of sp³-hybridized carbons (Fsp3) is 0.400. The first-order valence-electron chi connectivity index (χ1n) is 6.58. The maximum Gasteiger partial charge on any atom is 0.230 e. The molecule has 1 heterocycles. The molecule has 1 amide bonds. The number of benzene rings is 1. The molecule has 0 N–H and O–H groups in total. The molecular weight excluding hydrogens is 256 g/mol. The molecule has 0 saturated heterocycles. The van der Waals surface area contributed by atoms with E-state index in [-0.39, 0.29) is 11.7 Å². The van der Waals surface area contributed by atoms with Crippen LogP contribution in [0.25, 0.3) is 0 Å². The summed E-state index contributed by atoms with van der Waals surface area (Å²) in [7, 11) is 0. The van der Waals surface area contributed by atoms with Gasteiger partial charge in [0.25, 0.3) is 0 Å². The smallest absolute Gasteiger partial charge is 0.230 e. The monoisotopic (exact) mass is 272 g/mol. The number of ether oxygens (including phenoxy) is 1. The van der Waals surface area contributed by atoms with Crippen molar-refractivity contribution >= 4 is 17.4 Å². The zero-order valence-electron chi connectivity index (χ0n) is 11.4. The molecule has 1 aliphatic heterocycles. The quantitative estimate of drug-likeness (QED) is 0.623. The average Bonchev–Trinajstić information content (AvgIpc) is 2.58. The van der Waals surface area contributed by atoms with Crippen LogP contribution in [0.15, 0.2) is 18.2 Å². The Labute approximate surface area is 117 Å². The van der Waals surface area contributed by atoms with E-state index in [4.69, 9.17) is 10.00 Å². The summed E-state index contributed by atoms with van der Waals surface area (Å²) in [6, 6.07) is 7.18. The number of fused-ring (bicyclic) bond motifs is 1. The number of unbranched alkanes of at least 4 members (excludes halogenated alkanes) is 1. The van der Waals surface area contributed by atoms with E-state index < -0.39 is 0 Å². The van der Waals surface area contributed by atoms with E-state index in [1.165, 1.54) is 6.92 Å². The van der Waals surface area contributed by atoms with Gasteiger partial charge in [-0.15, -0.1) is 0 Å². The Morgan fingerprint density at radius 3 is 3.00 bits per heavy atom. The van der Waals surface area contributed by atoms with Gasteiger partial charge in [-0.1, -0.05) is 0 Å². The highest BCUT2D eigenvalue weighted by molar-refractivity contribution is 5.99. The molecule has 104 valence electrons. The molecule has 5 nitrogen and oxygen atoms in total. The van der Waals surface area contributed by atoms with Crippen LogP contribution in [0, 0.1) is 11.3 Å². The molecule has 0 spiro atoms. The second kappa shape index (κ2) is 6.20. The Morgan fingerprint density at radius 1 is 1.50 bits per heavy atom. The summed E-state index contributed by atoms with van der Waals surface area (Å²) in [6.45, 7) is 2.28. The van der Waals surface area contributed by atoms with Crippen LogP contribution in [0.5, 0.6) is 5.75 Å². The maximum atomic E-state index is 12.1. The van der Waals surface area contributed by atoms with Gasteiger partial charge in [-0.25, -0.2) is 0 Å². The van der Waals surface area contributed by atoms with Crippen molar-refractivity contribution in [1.82, 2.24) is 0 Å². The van der Waals surface area contributed by atoms with Crippen LogP contribution < -0.4 is 9.64 Å². The summed E-state index contributed by atoms with van der Waals surface area (Å²) in [5, 5.41) is 8.61. The van der Waals surface area contributed by atoms with Gasteiger partial charge in [0.2, 0.25) is 5.91 Å². The standard InChI is InChI=1S/C15H16N2O3/c1-11(18)12-4-5-14-13(10-12)17(8-3-2-7-16)15(19)6-9-20-14/h4-5,10H,2-3,6,8-9H2,1H3. The van der Waals surface area contributed by atoms with Gasteiger partial charge >= 0.3 is 0 Å². The molecule has 1 aliphatic rings. The van der Waals surface area contributed by atoms with Crippen molar-refractivity contribution in [2.45, 2.75) is 26.2 Å². The SMILES string of the molecule is CC(=O)c1ccc2c(c1)N(CCCC#N)C(=O)CCO2. The zero-order chi connectivity index (χ0) is 14.5. The summed E-state index contributed by atoms with van der Waals surface area (Å²) in [4.78, 5) is 25.2. The second-order valence-electron chi connectivity index (χ2n) is 4.64. The summed E-state index contributed by atoms with van der Waals surface area (Å²) < 4.78 is 5.55. The molecule has 0 unspecified atom stereocenters. The number of anilines is 1. The summed E-state index contributed by atoms with van der Waals surface area (Å²) >= 11 is 0. The number of Topliss-reactive ketones (excluding diaryl/α,β-unsaturated/α-hetero) is 1. The van der Waals surface area contributed by atoms with Crippen molar-refractivity contribution in [2.75, 3.05) is 18.1 Å². The van der Waals surface area contributed by atoms with E-state index in [1.54, 1.807) is 23.1 Å². The molecule has 1 aromatic carbocycles. The number of rotatable bonds is 4. The Bertz CT molecular complexity index is 575. The van der Waals surface area contributed by atoms with Crippen molar-refractivity contribution < 1.29 is 14.3 Å². The summed E-state index contributed by atoms with van der Waals surface area (Å²) in [6.07, 6.45) is 1.30. The third-order valence-electron chi connectivity index (χ3n) is 3.20. The van der Waals surface area contributed by atoms with E-state index in [0.717, 1.165) is 0 Å². The van der Waals surface area contributed by atoms with E-state index >= 15 is 0 Å². The third-order valence-corrected chi connectivity index (χ3v) is 3.20. The topological polar surface area (TPSA) is 70.4 Å². The van der Waals surface area contributed by atoms with Crippen molar-refractivity contribution in [3.63, 3.8) is 0 Å². The minimum Gasteiger partial charge on any atom is -0.491 e. The van der Waals surface area contributed by atoms with Crippen LogP contribution in [0.4, 0.5) is 5.69 Å². The lowest BCUT2D eigenvalue weighted by molar-refractivity contribution is -0.118. The molecule has 0 atom stereocenters. The predicted molar refractivity (Wildman–Crippen MR) is 73.8 cm³/mol. The first-order valence-corrected chi connectivity index (χ1v) is 6.58. The lowest BCUT2D eigenvalue weighted by Gasteiger charge is -2.22. The first-order chi connectivity index (χ1) is 9.63. The minimum atomic E-state index is -0.0542.